The SMILES string of the molecule is CCOC(=O)Cn1nc2c(cc1=O)CCc1cc(OC)c(OC)cc1-2. The molecular weight excluding hydrogens is 324 g/mol. The highest BCUT2D eigenvalue weighted by Crippen LogP contribution is 2.39. The van der Waals surface area contributed by atoms with Gasteiger partial charge in [0, 0.05) is 11.6 Å². The zero-order valence-electron chi connectivity index (χ0n) is 14.5. The predicted molar refractivity (Wildman–Crippen MR) is 91.1 cm³/mol. The second kappa shape index (κ2) is 6.96. The van der Waals surface area contributed by atoms with Crippen LogP contribution in [0.5, 0.6) is 11.5 Å². The van der Waals surface area contributed by atoms with Crippen molar-refractivity contribution in [3.8, 4) is 22.8 Å². The monoisotopic (exact) mass is 344 g/mol. The number of benzene rings is 1. The third-order valence-electron chi connectivity index (χ3n) is 4.19. The first-order chi connectivity index (χ1) is 12.1. The smallest absolute Gasteiger partial charge is 0.327 e. The van der Waals surface area contributed by atoms with Crippen LogP contribution in [0.3, 0.4) is 0 Å². The highest BCUT2D eigenvalue weighted by molar-refractivity contribution is 5.73. The summed E-state index contributed by atoms with van der Waals surface area (Å²) in [7, 11) is 3.17. The summed E-state index contributed by atoms with van der Waals surface area (Å²) in [4.78, 5) is 23.9. The molecule has 7 heteroatoms. The van der Waals surface area contributed by atoms with E-state index in [1.54, 1.807) is 27.2 Å². The molecule has 0 atom stereocenters. The van der Waals surface area contributed by atoms with E-state index in [1.807, 2.05) is 12.1 Å². The van der Waals surface area contributed by atoms with E-state index in [0.717, 1.165) is 27.8 Å². The van der Waals surface area contributed by atoms with Crippen molar-refractivity contribution in [1.82, 2.24) is 9.78 Å². The predicted octanol–water partition coefficient (Wildman–Crippen LogP) is 1.59. The van der Waals surface area contributed by atoms with Gasteiger partial charge in [0.2, 0.25) is 0 Å². The average molecular weight is 344 g/mol. The van der Waals surface area contributed by atoms with E-state index in [-0.39, 0.29) is 18.7 Å². The van der Waals surface area contributed by atoms with Crippen LogP contribution in [0, 0.1) is 0 Å². The Morgan fingerprint density at radius 3 is 2.48 bits per heavy atom. The highest BCUT2D eigenvalue weighted by atomic mass is 16.5. The van der Waals surface area contributed by atoms with Crippen molar-refractivity contribution < 1.29 is 19.0 Å². The molecule has 0 bridgehead atoms. The minimum absolute atomic E-state index is 0.206. The molecule has 0 saturated carbocycles. The first kappa shape index (κ1) is 17.0. The molecule has 132 valence electrons. The molecule has 1 aromatic carbocycles. The van der Waals surface area contributed by atoms with Crippen LogP contribution in [0.4, 0.5) is 0 Å². The van der Waals surface area contributed by atoms with E-state index < -0.39 is 5.97 Å². The standard InChI is InChI=1S/C18H20N2O5/c1-4-25-17(22)10-20-16(21)8-12-6-5-11-7-14(23-2)15(24-3)9-13(11)18(12)19-20/h7-9H,4-6,10H2,1-3H3. The number of carbonyl (C=O) groups excluding carboxylic acids is 1. The van der Waals surface area contributed by atoms with Gasteiger partial charge < -0.3 is 14.2 Å². The molecule has 2 aromatic rings. The van der Waals surface area contributed by atoms with Crippen LogP contribution in [0.1, 0.15) is 18.1 Å². The molecule has 0 radical (unpaired) electrons. The molecule has 0 unspecified atom stereocenters. The Balaban J connectivity index is 2.08. The zero-order chi connectivity index (χ0) is 18.0. The Morgan fingerprint density at radius 1 is 1.12 bits per heavy atom. The number of fused-ring (bicyclic) bond motifs is 3. The third kappa shape index (κ3) is 3.22. The summed E-state index contributed by atoms with van der Waals surface area (Å²) in [5.41, 5.74) is 3.20. The molecular formula is C18H20N2O5. The van der Waals surface area contributed by atoms with E-state index in [9.17, 15) is 9.59 Å². The molecule has 0 N–H and O–H groups in total. The van der Waals surface area contributed by atoms with Crippen molar-refractivity contribution in [2.24, 2.45) is 0 Å². The Kier molecular flexibility index (Phi) is 4.74. The van der Waals surface area contributed by atoms with E-state index in [2.05, 4.69) is 5.10 Å². The van der Waals surface area contributed by atoms with Gasteiger partial charge in [0.25, 0.3) is 5.56 Å². The van der Waals surface area contributed by atoms with Crippen molar-refractivity contribution in [2.75, 3.05) is 20.8 Å². The maximum Gasteiger partial charge on any atom is 0.327 e. The minimum atomic E-state index is -0.486. The summed E-state index contributed by atoms with van der Waals surface area (Å²) in [6.07, 6.45) is 1.49. The van der Waals surface area contributed by atoms with Gasteiger partial charge in [0.05, 0.1) is 26.5 Å². The summed E-state index contributed by atoms with van der Waals surface area (Å²) in [5, 5.41) is 4.41. The number of aryl methyl sites for hydroxylation is 2. The molecule has 7 nitrogen and oxygen atoms in total. The number of hydrogen-bond acceptors (Lipinski definition) is 6. The van der Waals surface area contributed by atoms with E-state index in [0.29, 0.717) is 23.6 Å². The molecule has 0 spiro atoms. The van der Waals surface area contributed by atoms with Gasteiger partial charge >= 0.3 is 5.97 Å². The maximum absolute atomic E-state index is 12.2. The molecule has 25 heavy (non-hydrogen) atoms. The lowest BCUT2D eigenvalue weighted by Crippen LogP contribution is -2.29. The summed E-state index contributed by atoms with van der Waals surface area (Å²) >= 11 is 0. The lowest BCUT2D eigenvalue weighted by atomic mass is 9.89. The van der Waals surface area contributed by atoms with Crippen molar-refractivity contribution >= 4 is 5.97 Å². The van der Waals surface area contributed by atoms with E-state index >= 15 is 0 Å². The zero-order valence-corrected chi connectivity index (χ0v) is 14.5. The van der Waals surface area contributed by atoms with Crippen LogP contribution in [0.25, 0.3) is 11.3 Å². The molecule has 1 aliphatic carbocycles. The summed E-state index contributed by atoms with van der Waals surface area (Å²) in [6, 6.07) is 5.33. The Bertz CT molecular complexity index is 873. The minimum Gasteiger partial charge on any atom is -0.493 e. The fourth-order valence-electron chi connectivity index (χ4n) is 3.00. The molecule has 0 aliphatic heterocycles. The van der Waals surface area contributed by atoms with Gasteiger partial charge in [-0.2, -0.15) is 5.10 Å². The summed E-state index contributed by atoms with van der Waals surface area (Å²) < 4.78 is 16.8. The second-order valence-corrected chi connectivity index (χ2v) is 5.68. The van der Waals surface area contributed by atoms with Crippen LogP contribution in [-0.4, -0.2) is 36.6 Å². The first-order valence-electron chi connectivity index (χ1n) is 8.09. The number of ether oxygens (including phenoxy) is 3. The van der Waals surface area contributed by atoms with Crippen molar-refractivity contribution in [3.63, 3.8) is 0 Å². The number of hydrogen-bond donors (Lipinski definition) is 0. The topological polar surface area (TPSA) is 79.7 Å². The normalized spacial score (nSPS) is 12.1. The number of esters is 1. The number of carbonyl (C=O) groups is 1. The Hall–Kier alpha value is -2.83. The largest absolute Gasteiger partial charge is 0.493 e. The van der Waals surface area contributed by atoms with Gasteiger partial charge in [0.15, 0.2) is 11.5 Å². The van der Waals surface area contributed by atoms with Gasteiger partial charge in [-0.3, -0.25) is 9.59 Å². The van der Waals surface area contributed by atoms with Crippen LogP contribution >= 0.6 is 0 Å². The van der Waals surface area contributed by atoms with Crippen molar-refractivity contribution in [3.05, 3.63) is 39.7 Å². The fourth-order valence-corrected chi connectivity index (χ4v) is 3.00. The molecule has 3 rings (SSSR count). The van der Waals surface area contributed by atoms with Gasteiger partial charge in [-0.25, -0.2) is 4.68 Å². The molecule has 1 heterocycles. The van der Waals surface area contributed by atoms with Gasteiger partial charge in [0.1, 0.15) is 6.54 Å². The van der Waals surface area contributed by atoms with Crippen LogP contribution in [-0.2, 0) is 28.9 Å². The quantitative estimate of drug-likeness (QED) is 0.767. The number of rotatable bonds is 5. The van der Waals surface area contributed by atoms with Gasteiger partial charge in [-0.15, -0.1) is 0 Å². The van der Waals surface area contributed by atoms with Gasteiger partial charge in [-0.1, -0.05) is 0 Å². The molecule has 1 aromatic heterocycles. The Morgan fingerprint density at radius 2 is 1.80 bits per heavy atom. The molecule has 0 amide bonds. The van der Waals surface area contributed by atoms with E-state index in [4.69, 9.17) is 14.2 Å². The first-order valence-corrected chi connectivity index (χ1v) is 8.09. The van der Waals surface area contributed by atoms with Crippen LogP contribution < -0.4 is 15.0 Å². The van der Waals surface area contributed by atoms with Crippen molar-refractivity contribution in [1.29, 1.82) is 0 Å². The maximum atomic E-state index is 12.2. The van der Waals surface area contributed by atoms with Crippen molar-refractivity contribution in [2.45, 2.75) is 26.3 Å². The number of aromatic nitrogens is 2. The molecule has 1 aliphatic rings. The lowest BCUT2D eigenvalue weighted by Gasteiger charge is -2.21. The average Bonchev–Trinajstić information content (AvgIpc) is 2.61. The lowest BCUT2D eigenvalue weighted by molar-refractivity contribution is -0.144. The van der Waals surface area contributed by atoms with Gasteiger partial charge in [-0.05, 0) is 43.0 Å². The number of nitrogens with zero attached hydrogens (tertiary/aromatic N) is 2. The third-order valence-corrected chi connectivity index (χ3v) is 4.19. The highest BCUT2D eigenvalue weighted by Gasteiger charge is 2.22. The summed E-state index contributed by atoms with van der Waals surface area (Å²) in [5.74, 6) is 0.768. The number of methoxy groups -OCH3 is 2. The summed E-state index contributed by atoms with van der Waals surface area (Å²) in [6.45, 7) is 1.78. The Labute approximate surface area is 145 Å². The van der Waals surface area contributed by atoms with Crippen LogP contribution in [0.2, 0.25) is 0 Å². The molecule has 0 fully saturated rings. The fraction of sp³-hybridized carbons (Fsp3) is 0.389. The second-order valence-electron chi connectivity index (χ2n) is 5.68. The van der Waals surface area contributed by atoms with Crippen LogP contribution in [0.15, 0.2) is 23.0 Å². The van der Waals surface area contributed by atoms with E-state index in [1.165, 1.54) is 0 Å². The molecule has 0 saturated heterocycles.